The molecule has 0 saturated carbocycles. The number of thioether (sulfide) groups is 1. The smallest absolute Gasteiger partial charge is 0.332 e. The molecule has 1 atom stereocenters. The van der Waals surface area contributed by atoms with Crippen LogP contribution in [0.25, 0.3) is 0 Å². The van der Waals surface area contributed by atoms with E-state index in [2.05, 4.69) is 25.7 Å². The van der Waals surface area contributed by atoms with Crippen LogP contribution in [0, 0.1) is 0 Å². The maximum atomic E-state index is 13.5. The fraction of sp³-hybridized carbons (Fsp3) is 0.409. The van der Waals surface area contributed by atoms with Crippen molar-refractivity contribution in [1.29, 1.82) is 0 Å². The van der Waals surface area contributed by atoms with Crippen LogP contribution in [0.1, 0.15) is 38.8 Å². The number of carbonyl (C=O) groups excluding carboxylic acids is 1. The second-order valence-corrected chi connectivity index (χ2v) is 7.55. The van der Waals surface area contributed by atoms with Crippen molar-refractivity contribution in [3.63, 3.8) is 0 Å². The summed E-state index contributed by atoms with van der Waals surface area (Å²) < 4.78 is 5.12. The highest BCUT2D eigenvalue weighted by Crippen LogP contribution is 2.44. The normalized spacial score (nSPS) is 12.3. The number of ether oxygens (including phenoxy) is 1. The second kappa shape index (κ2) is 11.4. The van der Waals surface area contributed by atoms with Gasteiger partial charge in [0, 0.05) is 0 Å². The molecule has 0 spiro atoms. The van der Waals surface area contributed by atoms with E-state index in [4.69, 9.17) is 4.74 Å². The van der Waals surface area contributed by atoms with Crippen molar-refractivity contribution < 1.29 is 9.53 Å². The molecule has 0 bridgehead atoms. The zero-order chi connectivity index (χ0) is 19.0. The minimum atomic E-state index is -0.862. The fourth-order valence-corrected chi connectivity index (χ4v) is 4.44. The van der Waals surface area contributed by atoms with Gasteiger partial charge < -0.3 is 4.74 Å². The number of hydrogen-bond acceptors (Lipinski definition) is 4. The molecular weight excluding hydrogens is 378 g/mol. The van der Waals surface area contributed by atoms with Crippen LogP contribution in [0.15, 0.2) is 60.7 Å². The van der Waals surface area contributed by atoms with Gasteiger partial charge in [0.25, 0.3) is 0 Å². The molecule has 2 rings (SSSR count). The number of benzene rings is 2. The van der Waals surface area contributed by atoms with Gasteiger partial charge in [-0.25, -0.2) is 4.79 Å². The summed E-state index contributed by atoms with van der Waals surface area (Å²) in [5.74, 6) is 0.597. The van der Waals surface area contributed by atoms with Crippen LogP contribution in [0.4, 0.5) is 0 Å². The van der Waals surface area contributed by atoms with Gasteiger partial charge in [0.2, 0.25) is 0 Å². The summed E-state index contributed by atoms with van der Waals surface area (Å²) in [7, 11) is 0. The van der Waals surface area contributed by atoms with Gasteiger partial charge in [0.1, 0.15) is 0 Å². The molecule has 0 N–H and O–H groups in total. The van der Waals surface area contributed by atoms with Crippen LogP contribution in [-0.2, 0) is 14.3 Å². The minimum absolute atomic E-state index is 0. The van der Waals surface area contributed by atoms with Gasteiger partial charge in [-0.3, -0.25) is 4.90 Å². The Balaban J connectivity index is 0.00000364. The van der Waals surface area contributed by atoms with E-state index < -0.39 is 4.75 Å². The Morgan fingerprint density at radius 2 is 1.41 bits per heavy atom. The van der Waals surface area contributed by atoms with Crippen molar-refractivity contribution in [3.05, 3.63) is 71.8 Å². The quantitative estimate of drug-likeness (QED) is 0.414. The zero-order valence-electron chi connectivity index (χ0n) is 16.6. The Morgan fingerprint density at radius 1 is 0.963 bits per heavy atom. The molecular formula is C22H30ClNO2S. The summed E-state index contributed by atoms with van der Waals surface area (Å²) >= 11 is 1.61. The molecule has 148 valence electrons. The molecule has 0 saturated heterocycles. The van der Waals surface area contributed by atoms with Gasteiger partial charge in [-0.2, -0.15) is 0 Å². The van der Waals surface area contributed by atoms with Crippen LogP contribution in [0.2, 0.25) is 0 Å². The average Bonchev–Trinajstić information content (AvgIpc) is 2.68. The van der Waals surface area contributed by atoms with Gasteiger partial charge in [-0.05, 0) is 36.9 Å². The standard InChI is InChI=1S/C22H29NO2S.ClH/c1-5-23(6-2)18(4)25-21(24)22(26-7-3,19-14-10-8-11-15-19)20-16-12-9-13-17-20;/h8-18H,5-7H2,1-4H3;1H. The molecule has 3 nitrogen and oxygen atoms in total. The first kappa shape index (κ1) is 23.5. The van der Waals surface area contributed by atoms with Gasteiger partial charge in [0.15, 0.2) is 11.0 Å². The van der Waals surface area contributed by atoms with Crippen molar-refractivity contribution in [2.24, 2.45) is 0 Å². The van der Waals surface area contributed by atoms with Gasteiger partial charge in [-0.1, -0.05) is 81.4 Å². The molecule has 1 unspecified atom stereocenters. The van der Waals surface area contributed by atoms with Crippen LogP contribution < -0.4 is 0 Å². The lowest BCUT2D eigenvalue weighted by Crippen LogP contribution is -2.43. The van der Waals surface area contributed by atoms with Crippen LogP contribution >= 0.6 is 24.2 Å². The fourth-order valence-electron chi connectivity index (χ4n) is 3.24. The lowest BCUT2D eigenvalue weighted by molar-refractivity contribution is -0.159. The summed E-state index contributed by atoms with van der Waals surface area (Å²) in [6.45, 7) is 9.87. The van der Waals surface area contributed by atoms with Crippen molar-refractivity contribution in [1.82, 2.24) is 4.90 Å². The number of nitrogens with zero attached hydrogens (tertiary/aromatic N) is 1. The zero-order valence-corrected chi connectivity index (χ0v) is 18.2. The molecule has 27 heavy (non-hydrogen) atoms. The average molecular weight is 408 g/mol. The van der Waals surface area contributed by atoms with Crippen molar-refractivity contribution in [2.75, 3.05) is 18.8 Å². The number of halogens is 1. The van der Waals surface area contributed by atoms with E-state index in [-0.39, 0.29) is 24.6 Å². The Labute approximate surface area is 173 Å². The monoisotopic (exact) mass is 407 g/mol. The Bertz CT molecular complexity index is 638. The van der Waals surface area contributed by atoms with E-state index in [0.29, 0.717) is 0 Å². The third-order valence-corrected chi connectivity index (χ3v) is 5.97. The van der Waals surface area contributed by atoms with E-state index in [1.165, 1.54) is 0 Å². The molecule has 2 aromatic rings. The van der Waals surface area contributed by atoms with E-state index >= 15 is 0 Å². The first-order chi connectivity index (χ1) is 12.6. The van der Waals surface area contributed by atoms with E-state index in [0.717, 1.165) is 30.0 Å². The molecule has 0 fully saturated rings. The molecule has 0 aliphatic rings. The number of esters is 1. The van der Waals surface area contributed by atoms with Crippen LogP contribution in [0.5, 0.6) is 0 Å². The van der Waals surface area contributed by atoms with Crippen LogP contribution in [-0.4, -0.2) is 35.9 Å². The molecule has 0 radical (unpaired) electrons. The van der Waals surface area contributed by atoms with E-state index in [9.17, 15) is 4.79 Å². The van der Waals surface area contributed by atoms with Crippen molar-refractivity contribution in [3.8, 4) is 0 Å². The number of carbonyl (C=O) groups is 1. The third kappa shape index (κ3) is 5.28. The third-order valence-electron chi connectivity index (χ3n) is 4.61. The molecule has 0 amide bonds. The SMILES string of the molecule is CCSC(C(=O)OC(C)N(CC)CC)(c1ccccc1)c1ccccc1.Cl. The first-order valence-electron chi connectivity index (χ1n) is 9.30. The Hall–Kier alpha value is -1.49. The number of hydrogen-bond donors (Lipinski definition) is 0. The van der Waals surface area contributed by atoms with E-state index in [1.54, 1.807) is 11.8 Å². The lowest BCUT2D eigenvalue weighted by atomic mass is 9.90. The first-order valence-corrected chi connectivity index (χ1v) is 10.3. The molecule has 0 aromatic heterocycles. The molecule has 0 heterocycles. The van der Waals surface area contributed by atoms with Gasteiger partial charge >= 0.3 is 5.97 Å². The topological polar surface area (TPSA) is 29.5 Å². The lowest BCUT2D eigenvalue weighted by Gasteiger charge is -2.35. The maximum Gasteiger partial charge on any atom is 0.332 e. The molecule has 2 aromatic carbocycles. The Kier molecular flexibility index (Phi) is 9.92. The maximum absolute atomic E-state index is 13.5. The highest BCUT2D eigenvalue weighted by molar-refractivity contribution is 8.01. The summed E-state index contributed by atoms with van der Waals surface area (Å²) in [5, 5.41) is 0. The van der Waals surface area contributed by atoms with Gasteiger partial charge in [-0.15, -0.1) is 24.2 Å². The second-order valence-electron chi connectivity index (χ2n) is 6.07. The molecule has 5 heteroatoms. The highest BCUT2D eigenvalue weighted by atomic mass is 35.5. The highest BCUT2D eigenvalue weighted by Gasteiger charge is 2.44. The summed E-state index contributed by atoms with van der Waals surface area (Å²) in [4.78, 5) is 15.7. The van der Waals surface area contributed by atoms with Crippen LogP contribution in [0.3, 0.4) is 0 Å². The van der Waals surface area contributed by atoms with Crippen molar-refractivity contribution >= 4 is 30.1 Å². The van der Waals surface area contributed by atoms with Crippen molar-refractivity contribution in [2.45, 2.75) is 38.7 Å². The Morgan fingerprint density at radius 3 is 1.78 bits per heavy atom. The minimum Gasteiger partial charge on any atom is -0.445 e. The molecule has 0 aliphatic carbocycles. The number of rotatable bonds is 9. The summed E-state index contributed by atoms with van der Waals surface area (Å²) in [5.41, 5.74) is 1.91. The molecule has 0 aliphatic heterocycles. The predicted octanol–water partition coefficient (Wildman–Crippen LogP) is 5.34. The van der Waals surface area contributed by atoms with Gasteiger partial charge in [0.05, 0.1) is 0 Å². The summed E-state index contributed by atoms with van der Waals surface area (Å²) in [6, 6.07) is 19.9. The van der Waals surface area contributed by atoms with E-state index in [1.807, 2.05) is 67.6 Å². The predicted molar refractivity (Wildman–Crippen MR) is 118 cm³/mol. The summed E-state index contributed by atoms with van der Waals surface area (Å²) in [6.07, 6.45) is -0.262. The largest absolute Gasteiger partial charge is 0.445 e.